The maximum Gasteiger partial charge on any atom is 0.296 e. The van der Waals surface area contributed by atoms with Crippen LogP contribution in [0.3, 0.4) is 0 Å². The van der Waals surface area contributed by atoms with Crippen molar-refractivity contribution in [2.24, 2.45) is 0 Å². The molecule has 0 atom stereocenters. The van der Waals surface area contributed by atoms with E-state index in [9.17, 15) is 4.79 Å². The van der Waals surface area contributed by atoms with Crippen LogP contribution in [-0.2, 0) is 6.54 Å². The van der Waals surface area contributed by atoms with E-state index in [-0.39, 0.29) is 5.56 Å². The second kappa shape index (κ2) is 2.82. The quantitative estimate of drug-likeness (QED) is 0.588. The molecule has 0 amide bonds. The Hall–Kier alpha value is -0.970. The number of nitrogens with two attached hydrogens (primary N) is 1. The lowest BCUT2D eigenvalue weighted by Gasteiger charge is -2.18. The number of nitrogen functional groups attached to an aromatic ring is 1. The first kappa shape index (κ1) is 7.67. The first-order chi connectivity index (χ1) is 5.79. The van der Waals surface area contributed by atoms with Crippen LogP contribution in [0.4, 0.5) is 5.69 Å². The van der Waals surface area contributed by atoms with Gasteiger partial charge in [0.2, 0.25) is 0 Å². The lowest BCUT2D eigenvalue weighted by Crippen LogP contribution is -2.20. The Morgan fingerprint density at radius 2 is 2.50 bits per heavy atom. The minimum atomic E-state index is -0.310. The van der Waals surface area contributed by atoms with Crippen molar-refractivity contribution in [3.05, 3.63) is 16.7 Å². The van der Waals surface area contributed by atoms with Crippen LogP contribution in [0.25, 0.3) is 0 Å². The summed E-state index contributed by atoms with van der Waals surface area (Å²) in [7, 11) is 0. The maximum absolute atomic E-state index is 11.0. The smallest absolute Gasteiger partial charge is 0.296 e. The fraction of sp³-hybridized carbons (Fsp3) is 0.429. The standard InChI is InChI=1S/C7H9N3OS/c8-5-6(11)9-4-10-2-1-3-12-7(5)10/h4H,1-3,8H2. The van der Waals surface area contributed by atoms with Crippen molar-refractivity contribution in [2.45, 2.75) is 18.0 Å². The van der Waals surface area contributed by atoms with E-state index in [0.717, 1.165) is 23.7 Å². The van der Waals surface area contributed by atoms with Crippen LogP contribution in [0.2, 0.25) is 0 Å². The number of aromatic nitrogens is 2. The van der Waals surface area contributed by atoms with Crippen molar-refractivity contribution in [3.8, 4) is 0 Å². The average molecular weight is 183 g/mol. The van der Waals surface area contributed by atoms with Crippen molar-refractivity contribution in [1.82, 2.24) is 9.55 Å². The summed E-state index contributed by atoms with van der Waals surface area (Å²) >= 11 is 1.63. The van der Waals surface area contributed by atoms with Crippen molar-refractivity contribution in [1.29, 1.82) is 0 Å². The monoisotopic (exact) mass is 183 g/mol. The van der Waals surface area contributed by atoms with Gasteiger partial charge in [0, 0.05) is 12.3 Å². The molecule has 0 aliphatic carbocycles. The molecule has 5 heteroatoms. The zero-order valence-electron chi connectivity index (χ0n) is 6.49. The molecular formula is C7H9N3OS. The number of thioether (sulfide) groups is 1. The SMILES string of the molecule is Nc1c2n(cnc1=O)CCCS2. The molecule has 0 saturated heterocycles. The van der Waals surface area contributed by atoms with Gasteiger partial charge in [-0.25, -0.2) is 0 Å². The molecule has 0 bridgehead atoms. The van der Waals surface area contributed by atoms with Gasteiger partial charge in [0.25, 0.3) is 5.56 Å². The summed E-state index contributed by atoms with van der Waals surface area (Å²) < 4.78 is 1.94. The van der Waals surface area contributed by atoms with Gasteiger partial charge in [-0.2, -0.15) is 4.98 Å². The summed E-state index contributed by atoms with van der Waals surface area (Å²) in [6.07, 6.45) is 2.68. The van der Waals surface area contributed by atoms with E-state index >= 15 is 0 Å². The Bertz CT molecular complexity index is 360. The zero-order valence-corrected chi connectivity index (χ0v) is 7.30. The lowest BCUT2D eigenvalue weighted by atomic mass is 10.4. The molecule has 0 unspecified atom stereocenters. The molecule has 2 N–H and O–H groups in total. The predicted molar refractivity (Wildman–Crippen MR) is 48.3 cm³/mol. The molecule has 12 heavy (non-hydrogen) atoms. The summed E-state index contributed by atoms with van der Waals surface area (Å²) in [5.41, 5.74) is 5.57. The fourth-order valence-electron chi connectivity index (χ4n) is 1.21. The molecule has 1 aromatic rings. The van der Waals surface area contributed by atoms with Gasteiger partial charge in [-0.15, -0.1) is 11.8 Å². The molecule has 0 spiro atoms. The number of anilines is 1. The third-order valence-corrected chi connectivity index (χ3v) is 3.04. The van der Waals surface area contributed by atoms with Crippen LogP contribution < -0.4 is 11.3 Å². The van der Waals surface area contributed by atoms with E-state index in [2.05, 4.69) is 4.98 Å². The summed E-state index contributed by atoms with van der Waals surface area (Å²) in [5.74, 6) is 1.04. The Morgan fingerprint density at radius 1 is 1.67 bits per heavy atom. The highest BCUT2D eigenvalue weighted by molar-refractivity contribution is 7.99. The van der Waals surface area contributed by atoms with Gasteiger partial charge in [-0.05, 0) is 6.42 Å². The predicted octanol–water partition coefficient (Wildman–Crippen LogP) is 0.321. The van der Waals surface area contributed by atoms with Gasteiger partial charge in [-0.3, -0.25) is 4.79 Å². The molecule has 1 aliphatic rings. The molecule has 0 saturated carbocycles. The molecular weight excluding hydrogens is 174 g/mol. The van der Waals surface area contributed by atoms with Gasteiger partial charge >= 0.3 is 0 Å². The number of fused-ring (bicyclic) bond motifs is 1. The van der Waals surface area contributed by atoms with Crippen LogP contribution in [0.5, 0.6) is 0 Å². The first-order valence-corrected chi connectivity index (χ1v) is 4.75. The Balaban J connectivity index is 2.61. The molecule has 0 radical (unpaired) electrons. The fourth-order valence-corrected chi connectivity index (χ4v) is 2.23. The van der Waals surface area contributed by atoms with Gasteiger partial charge < -0.3 is 10.3 Å². The minimum Gasteiger partial charge on any atom is -0.392 e. The summed E-state index contributed by atoms with van der Waals surface area (Å²) in [4.78, 5) is 14.7. The van der Waals surface area contributed by atoms with E-state index in [1.807, 2.05) is 4.57 Å². The Labute approximate surface area is 73.8 Å². The number of aryl methyl sites for hydroxylation is 1. The van der Waals surface area contributed by atoms with Gasteiger partial charge in [0.05, 0.1) is 6.33 Å². The van der Waals surface area contributed by atoms with Crippen LogP contribution in [0, 0.1) is 0 Å². The second-order valence-electron chi connectivity index (χ2n) is 2.66. The van der Waals surface area contributed by atoms with Crippen molar-refractivity contribution in [2.75, 3.05) is 11.5 Å². The van der Waals surface area contributed by atoms with Crippen molar-refractivity contribution in [3.63, 3.8) is 0 Å². The van der Waals surface area contributed by atoms with Crippen LogP contribution in [0.15, 0.2) is 16.1 Å². The third kappa shape index (κ3) is 1.10. The largest absolute Gasteiger partial charge is 0.392 e. The van der Waals surface area contributed by atoms with E-state index in [1.165, 1.54) is 0 Å². The Kier molecular flexibility index (Phi) is 1.80. The first-order valence-electron chi connectivity index (χ1n) is 3.77. The van der Waals surface area contributed by atoms with E-state index in [1.54, 1.807) is 18.1 Å². The van der Waals surface area contributed by atoms with Gasteiger partial charge in [0.15, 0.2) is 0 Å². The maximum atomic E-state index is 11.0. The van der Waals surface area contributed by atoms with Crippen molar-refractivity contribution < 1.29 is 0 Å². The lowest BCUT2D eigenvalue weighted by molar-refractivity contribution is 0.597. The van der Waals surface area contributed by atoms with Gasteiger partial charge in [-0.1, -0.05) is 0 Å². The molecule has 2 heterocycles. The molecule has 0 fully saturated rings. The molecule has 4 nitrogen and oxygen atoms in total. The Morgan fingerprint density at radius 3 is 3.33 bits per heavy atom. The molecule has 0 aromatic carbocycles. The summed E-state index contributed by atoms with van der Waals surface area (Å²) in [5, 5.41) is 0.876. The molecule has 64 valence electrons. The van der Waals surface area contributed by atoms with Gasteiger partial charge in [0.1, 0.15) is 10.7 Å². The second-order valence-corrected chi connectivity index (χ2v) is 3.75. The minimum absolute atomic E-state index is 0.294. The highest BCUT2D eigenvalue weighted by atomic mass is 32.2. The summed E-state index contributed by atoms with van der Waals surface area (Å²) in [6.45, 7) is 0.916. The number of hydrogen-bond donors (Lipinski definition) is 1. The topological polar surface area (TPSA) is 60.9 Å². The number of hydrogen-bond acceptors (Lipinski definition) is 4. The number of rotatable bonds is 0. The third-order valence-electron chi connectivity index (χ3n) is 1.82. The average Bonchev–Trinajstić information content (AvgIpc) is 2.12. The number of nitrogens with zero attached hydrogens (tertiary/aromatic N) is 2. The van der Waals surface area contributed by atoms with Crippen LogP contribution in [0.1, 0.15) is 6.42 Å². The van der Waals surface area contributed by atoms with Crippen LogP contribution >= 0.6 is 11.8 Å². The summed E-state index contributed by atoms with van der Waals surface area (Å²) in [6, 6.07) is 0. The normalized spacial score (nSPS) is 15.7. The molecule has 1 aromatic heterocycles. The van der Waals surface area contributed by atoms with Crippen molar-refractivity contribution >= 4 is 17.4 Å². The van der Waals surface area contributed by atoms with E-state index < -0.39 is 0 Å². The van der Waals surface area contributed by atoms with E-state index in [0.29, 0.717) is 5.69 Å². The highest BCUT2D eigenvalue weighted by Gasteiger charge is 2.13. The highest BCUT2D eigenvalue weighted by Crippen LogP contribution is 2.26. The zero-order chi connectivity index (χ0) is 8.55. The molecule has 2 rings (SSSR count). The molecule has 1 aliphatic heterocycles. The van der Waals surface area contributed by atoms with Crippen LogP contribution in [-0.4, -0.2) is 15.3 Å². The van der Waals surface area contributed by atoms with E-state index in [4.69, 9.17) is 5.73 Å².